The average Bonchev–Trinajstić information content (AvgIpc) is 2.67. The summed E-state index contributed by atoms with van der Waals surface area (Å²) in [6.07, 6.45) is 19.8. The number of benzene rings is 1. The third kappa shape index (κ3) is 21.1. The molecule has 0 radical (unpaired) electrons. The fourth-order valence-corrected chi connectivity index (χ4v) is 3.86. The van der Waals surface area contributed by atoms with Gasteiger partial charge in [0.15, 0.2) is 0 Å². The van der Waals surface area contributed by atoms with E-state index in [2.05, 4.69) is 34.5 Å². The molecule has 0 fully saturated rings. The molecule has 0 spiro atoms. The standard InChI is InChI=1S/C23H40O4S.Na/c24-28(25,26)27-22-18-13-11-9-7-5-3-1-2-4-6-8-10-12-15-19-23-20-16-14-17-21-23;/h14,16-17,20-21H,1-13,15,18-19,22H2,(H,24,25,26);/q;+1/p-1. The Labute approximate surface area is 201 Å². The van der Waals surface area contributed by atoms with Crippen LogP contribution in [0.25, 0.3) is 0 Å². The molecule has 1 aromatic carbocycles. The monoisotopic (exact) mass is 434 g/mol. The smallest absolute Gasteiger partial charge is 0.726 e. The number of hydrogen-bond donors (Lipinski definition) is 0. The van der Waals surface area contributed by atoms with Crippen molar-refractivity contribution >= 4 is 10.4 Å². The molecule has 0 bridgehead atoms. The molecule has 1 aromatic rings. The predicted molar refractivity (Wildman–Crippen MR) is 115 cm³/mol. The second kappa shape index (κ2) is 20.0. The number of unbranched alkanes of at least 4 members (excludes halogenated alkanes) is 14. The maximum atomic E-state index is 10.3. The van der Waals surface area contributed by atoms with E-state index in [9.17, 15) is 13.0 Å². The van der Waals surface area contributed by atoms with E-state index in [0.717, 1.165) is 12.8 Å². The fraction of sp³-hybridized carbons (Fsp3) is 0.739. The summed E-state index contributed by atoms with van der Waals surface area (Å²) in [6, 6.07) is 10.8. The number of hydrogen-bond acceptors (Lipinski definition) is 4. The quantitative estimate of drug-likeness (QED) is 0.145. The first-order valence-electron chi connectivity index (χ1n) is 11.2. The molecule has 0 aliphatic heterocycles. The number of aryl methyl sites for hydroxylation is 1. The van der Waals surface area contributed by atoms with Crippen molar-refractivity contribution in [3.63, 3.8) is 0 Å². The molecule has 0 aromatic heterocycles. The maximum absolute atomic E-state index is 10.3. The summed E-state index contributed by atoms with van der Waals surface area (Å²) in [5.74, 6) is 0. The first-order valence-corrected chi connectivity index (χ1v) is 12.6. The summed E-state index contributed by atoms with van der Waals surface area (Å²) in [6.45, 7) is 0.0266. The summed E-state index contributed by atoms with van der Waals surface area (Å²) < 4.78 is 35.0. The molecule has 4 nitrogen and oxygen atoms in total. The maximum Gasteiger partial charge on any atom is 1.00 e. The third-order valence-corrected chi connectivity index (χ3v) is 5.64. The molecule has 0 unspecified atom stereocenters. The fourth-order valence-electron chi connectivity index (χ4n) is 3.53. The molecule has 0 saturated heterocycles. The van der Waals surface area contributed by atoms with E-state index >= 15 is 0 Å². The van der Waals surface area contributed by atoms with Crippen molar-refractivity contribution in [2.75, 3.05) is 6.61 Å². The summed E-state index contributed by atoms with van der Waals surface area (Å²) >= 11 is 0. The van der Waals surface area contributed by atoms with Gasteiger partial charge in [0.1, 0.15) is 0 Å². The Balaban J connectivity index is 0.00000784. The molecule has 0 aliphatic rings. The van der Waals surface area contributed by atoms with Crippen LogP contribution in [0.1, 0.15) is 102 Å². The first-order chi connectivity index (χ1) is 13.6. The van der Waals surface area contributed by atoms with Crippen LogP contribution >= 0.6 is 0 Å². The van der Waals surface area contributed by atoms with Gasteiger partial charge in [0, 0.05) is 0 Å². The molecule has 0 saturated carbocycles. The SMILES string of the molecule is O=S(=O)([O-])OCCCCCCCCCCCCCCCCCc1ccccc1.[Na+]. The molecule has 0 amide bonds. The van der Waals surface area contributed by atoms with E-state index in [1.54, 1.807) is 0 Å². The minimum absolute atomic E-state index is 0. The molecular weight excluding hydrogens is 395 g/mol. The number of rotatable bonds is 19. The van der Waals surface area contributed by atoms with Gasteiger partial charge < -0.3 is 4.55 Å². The molecule has 0 aliphatic carbocycles. The van der Waals surface area contributed by atoms with Gasteiger partial charge in [0.25, 0.3) is 0 Å². The van der Waals surface area contributed by atoms with Crippen molar-refractivity contribution in [2.45, 2.75) is 103 Å². The van der Waals surface area contributed by atoms with Crippen molar-refractivity contribution in [2.24, 2.45) is 0 Å². The Hall–Kier alpha value is 0.0900. The minimum Gasteiger partial charge on any atom is -0.726 e. The van der Waals surface area contributed by atoms with Crippen LogP contribution in [0.3, 0.4) is 0 Å². The zero-order valence-electron chi connectivity index (χ0n) is 18.4. The van der Waals surface area contributed by atoms with Gasteiger partial charge >= 0.3 is 29.6 Å². The van der Waals surface area contributed by atoms with Crippen LogP contribution < -0.4 is 29.6 Å². The van der Waals surface area contributed by atoms with Crippen molar-refractivity contribution in [3.05, 3.63) is 35.9 Å². The first kappa shape index (κ1) is 29.1. The van der Waals surface area contributed by atoms with E-state index < -0.39 is 10.4 Å². The van der Waals surface area contributed by atoms with E-state index in [1.165, 1.54) is 89.0 Å². The van der Waals surface area contributed by atoms with Crippen LogP contribution in [0.15, 0.2) is 30.3 Å². The molecule has 29 heavy (non-hydrogen) atoms. The molecule has 0 atom stereocenters. The van der Waals surface area contributed by atoms with Crippen molar-refractivity contribution in [1.29, 1.82) is 0 Å². The van der Waals surface area contributed by atoms with Crippen LogP contribution in [-0.2, 0) is 21.0 Å². The van der Waals surface area contributed by atoms with Crippen molar-refractivity contribution in [3.8, 4) is 0 Å². The molecule has 0 heterocycles. The van der Waals surface area contributed by atoms with E-state index in [0.29, 0.717) is 6.42 Å². The summed E-state index contributed by atoms with van der Waals surface area (Å²) in [7, 11) is -4.51. The van der Waals surface area contributed by atoms with Crippen LogP contribution in [0.4, 0.5) is 0 Å². The summed E-state index contributed by atoms with van der Waals surface area (Å²) in [5.41, 5.74) is 1.46. The third-order valence-electron chi connectivity index (χ3n) is 5.18. The van der Waals surface area contributed by atoms with E-state index in [4.69, 9.17) is 0 Å². The van der Waals surface area contributed by atoms with Gasteiger partial charge in [-0.1, -0.05) is 114 Å². The van der Waals surface area contributed by atoms with Crippen molar-refractivity contribution < 1.29 is 46.7 Å². The molecule has 0 N–H and O–H groups in total. The largest absolute Gasteiger partial charge is 1.00 e. The zero-order chi connectivity index (χ0) is 20.3. The van der Waals surface area contributed by atoms with Gasteiger partial charge in [-0.15, -0.1) is 0 Å². The van der Waals surface area contributed by atoms with Crippen LogP contribution in [-0.4, -0.2) is 19.6 Å². The van der Waals surface area contributed by atoms with Gasteiger partial charge in [-0.3, -0.25) is 4.18 Å². The summed E-state index contributed by atoms with van der Waals surface area (Å²) in [5, 5.41) is 0. The summed E-state index contributed by atoms with van der Waals surface area (Å²) in [4.78, 5) is 0. The molecule has 1 rings (SSSR count). The topological polar surface area (TPSA) is 66.4 Å². The Kier molecular flexibility index (Phi) is 20.1. The Morgan fingerprint density at radius 2 is 1.00 bits per heavy atom. The predicted octanol–water partition coefficient (Wildman–Crippen LogP) is 3.56. The molecule has 162 valence electrons. The van der Waals surface area contributed by atoms with Gasteiger partial charge in [0.2, 0.25) is 10.4 Å². The van der Waals surface area contributed by atoms with Gasteiger partial charge in [-0.25, -0.2) is 8.42 Å². The normalized spacial score (nSPS) is 11.3. The van der Waals surface area contributed by atoms with Crippen LogP contribution in [0.5, 0.6) is 0 Å². The Morgan fingerprint density at radius 3 is 1.41 bits per heavy atom. The van der Waals surface area contributed by atoms with E-state index in [1.807, 2.05) is 0 Å². The van der Waals surface area contributed by atoms with Gasteiger partial charge in [-0.05, 0) is 24.8 Å². The van der Waals surface area contributed by atoms with E-state index in [-0.39, 0.29) is 36.2 Å². The second-order valence-electron chi connectivity index (χ2n) is 7.77. The van der Waals surface area contributed by atoms with Gasteiger partial charge in [-0.2, -0.15) is 0 Å². The van der Waals surface area contributed by atoms with Gasteiger partial charge in [0.05, 0.1) is 6.61 Å². The Bertz CT molecular complexity index is 564. The second-order valence-corrected chi connectivity index (χ2v) is 8.82. The van der Waals surface area contributed by atoms with Crippen LogP contribution in [0, 0.1) is 0 Å². The Morgan fingerprint density at radius 1 is 0.621 bits per heavy atom. The average molecular weight is 435 g/mol. The zero-order valence-corrected chi connectivity index (χ0v) is 21.3. The molecule has 6 heteroatoms. The minimum atomic E-state index is -4.51. The van der Waals surface area contributed by atoms with Crippen LogP contribution in [0.2, 0.25) is 0 Å². The van der Waals surface area contributed by atoms with Crippen molar-refractivity contribution in [1.82, 2.24) is 0 Å². The molecular formula is C23H39NaO4S.